The molecule has 0 aromatic heterocycles. The van der Waals surface area contributed by atoms with Crippen LogP contribution in [0.4, 0.5) is 5.69 Å². The van der Waals surface area contributed by atoms with Gasteiger partial charge in [-0.3, -0.25) is 9.59 Å². The Hall–Kier alpha value is -3.28. The molecule has 1 aliphatic carbocycles. The van der Waals surface area contributed by atoms with Crippen molar-refractivity contribution in [3.05, 3.63) is 59.7 Å². The molecule has 0 N–H and O–H groups in total. The number of benzene rings is 2. The predicted octanol–water partition coefficient (Wildman–Crippen LogP) is 2.85. The minimum Gasteiger partial charge on any atom is -0.493 e. The molecule has 1 spiro atoms. The molecular weight excluding hydrogens is 358 g/mol. The second-order valence-corrected chi connectivity index (χ2v) is 6.85. The zero-order valence-corrected chi connectivity index (χ0v) is 16.2. The van der Waals surface area contributed by atoms with Gasteiger partial charge in [-0.05, 0) is 11.6 Å². The van der Waals surface area contributed by atoms with Gasteiger partial charge in [-0.15, -0.1) is 0 Å². The van der Waals surface area contributed by atoms with E-state index in [2.05, 4.69) is 0 Å². The highest BCUT2D eigenvalue weighted by Crippen LogP contribution is 2.60. The Labute approximate surface area is 163 Å². The van der Waals surface area contributed by atoms with E-state index in [4.69, 9.17) is 14.2 Å². The Morgan fingerprint density at radius 2 is 1.64 bits per heavy atom. The van der Waals surface area contributed by atoms with Gasteiger partial charge in [-0.1, -0.05) is 36.4 Å². The first kappa shape index (κ1) is 18.1. The number of likely N-dealkylation sites (N-methyl/N-ethyl adjacent to an activating group) is 1. The fraction of sp³-hybridized carbons (Fsp3) is 0.273. The minimum absolute atomic E-state index is 0.113. The topological polar surface area (TPSA) is 65.1 Å². The molecule has 6 nitrogen and oxygen atoms in total. The molecule has 4 rings (SSSR count). The van der Waals surface area contributed by atoms with Gasteiger partial charge in [0.25, 0.3) is 0 Å². The van der Waals surface area contributed by atoms with Gasteiger partial charge in [0, 0.05) is 18.7 Å². The monoisotopic (exact) mass is 379 g/mol. The molecule has 6 heteroatoms. The summed E-state index contributed by atoms with van der Waals surface area (Å²) in [7, 11) is 6.26. The first-order chi connectivity index (χ1) is 13.5. The van der Waals surface area contributed by atoms with Crippen LogP contribution in [-0.4, -0.2) is 40.1 Å². The molecule has 0 unspecified atom stereocenters. The predicted molar refractivity (Wildman–Crippen MR) is 105 cm³/mol. The van der Waals surface area contributed by atoms with Crippen LogP contribution in [0.15, 0.2) is 48.6 Å². The lowest BCUT2D eigenvalue weighted by atomic mass is 9.69. The molecule has 1 aliphatic heterocycles. The highest BCUT2D eigenvalue weighted by molar-refractivity contribution is 6.18. The summed E-state index contributed by atoms with van der Waals surface area (Å²) in [5.74, 6) is 0.279. The number of carbonyl (C=O) groups excluding carboxylic acids is 2. The average Bonchev–Trinajstić information content (AvgIpc) is 3.18. The number of amides is 1. The van der Waals surface area contributed by atoms with Crippen LogP contribution < -0.4 is 19.1 Å². The van der Waals surface area contributed by atoms with Gasteiger partial charge < -0.3 is 19.1 Å². The highest BCUT2D eigenvalue weighted by Gasteiger charge is 2.60. The van der Waals surface area contributed by atoms with E-state index < -0.39 is 11.3 Å². The Morgan fingerprint density at radius 1 is 0.964 bits per heavy atom. The second kappa shape index (κ2) is 6.41. The Kier molecular flexibility index (Phi) is 4.14. The summed E-state index contributed by atoms with van der Waals surface area (Å²) in [5.41, 5.74) is 0.854. The van der Waals surface area contributed by atoms with Crippen LogP contribution in [0.3, 0.4) is 0 Å². The van der Waals surface area contributed by atoms with Gasteiger partial charge in [-0.2, -0.15) is 0 Å². The maximum Gasteiger partial charge on any atom is 0.242 e. The molecule has 2 aromatic rings. The number of nitrogens with zero attached hydrogens (tertiary/aromatic N) is 1. The molecule has 0 radical (unpaired) electrons. The summed E-state index contributed by atoms with van der Waals surface area (Å²) < 4.78 is 16.7. The molecule has 1 heterocycles. The van der Waals surface area contributed by atoms with Crippen LogP contribution in [0.2, 0.25) is 0 Å². The molecule has 0 saturated carbocycles. The third-order valence-electron chi connectivity index (χ3n) is 5.63. The largest absolute Gasteiger partial charge is 0.493 e. The van der Waals surface area contributed by atoms with Crippen LogP contribution in [0, 0.1) is 0 Å². The van der Waals surface area contributed by atoms with Gasteiger partial charge in [0.1, 0.15) is 5.41 Å². The molecular formula is C22H21NO5. The zero-order chi connectivity index (χ0) is 20.1. The van der Waals surface area contributed by atoms with Crippen molar-refractivity contribution >= 4 is 17.4 Å². The summed E-state index contributed by atoms with van der Waals surface area (Å²) in [6.45, 7) is 0. The zero-order valence-electron chi connectivity index (χ0n) is 16.2. The molecule has 0 saturated heterocycles. The summed E-state index contributed by atoms with van der Waals surface area (Å²) in [6.07, 6.45) is 3.20. The maximum absolute atomic E-state index is 13.6. The smallest absolute Gasteiger partial charge is 0.242 e. The number of rotatable bonds is 4. The van der Waals surface area contributed by atoms with Crippen molar-refractivity contribution in [3.63, 3.8) is 0 Å². The van der Waals surface area contributed by atoms with Crippen LogP contribution in [-0.2, 0) is 15.0 Å². The Balaban J connectivity index is 2.07. The lowest BCUT2D eigenvalue weighted by molar-refractivity contribution is -0.125. The summed E-state index contributed by atoms with van der Waals surface area (Å²) >= 11 is 0. The van der Waals surface area contributed by atoms with E-state index in [1.54, 1.807) is 24.1 Å². The first-order valence-corrected chi connectivity index (χ1v) is 8.90. The van der Waals surface area contributed by atoms with Crippen molar-refractivity contribution in [2.45, 2.75) is 11.3 Å². The number of ketones is 1. The fourth-order valence-electron chi connectivity index (χ4n) is 4.43. The van der Waals surface area contributed by atoms with E-state index in [0.29, 0.717) is 28.5 Å². The number of fused-ring (bicyclic) bond motifs is 2. The minimum atomic E-state index is -1.19. The standard InChI is InChI=1S/C22H21NO5/c1-23-14-12-16(26-2)19(27-3)20(28-4)18(14)22(21(23)25)11-10-15(24)17(22)13-8-6-5-7-9-13/h5-12,17H,1-4H3/t17-,22+/m0/s1. The second-order valence-electron chi connectivity index (χ2n) is 6.85. The maximum atomic E-state index is 13.6. The lowest BCUT2D eigenvalue weighted by Crippen LogP contribution is -2.42. The van der Waals surface area contributed by atoms with Crippen LogP contribution in [0.5, 0.6) is 17.2 Å². The fourth-order valence-corrected chi connectivity index (χ4v) is 4.43. The van der Waals surface area contributed by atoms with Crippen LogP contribution >= 0.6 is 0 Å². The van der Waals surface area contributed by atoms with Crippen molar-refractivity contribution in [3.8, 4) is 17.2 Å². The molecule has 2 atom stereocenters. The number of anilines is 1. The van der Waals surface area contributed by atoms with Gasteiger partial charge in [0.15, 0.2) is 17.3 Å². The summed E-state index contributed by atoms with van der Waals surface area (Å²) in [4.78, 5) is 28.0. The number of ether oxygens (including phenoxy) is 3. The molecule has 144 valence electrons. The lowest BCUT2D eigenvalue weighted by Gasteiger charge is -2.30. The van der Waals surface area contributed by atoms with Crippen LogP contribution in [0.1, 0.15) is 17.0 Å². The molecule has 2 aliphatic rings. The SMILES string of the molecule is COc1cc2c(c(OC)c1OC)[C@]1(C=CC(=O)[C@@H]1c1ccccc1)C(=O)N2C. The van der Waals surface area contributed by atoms with Gasteiger partial charge in [0.05, 0.1) is 32.9 Å². The molecule has 2 aromatic carbocycles. The van der Waals surface area contributed by atoms with Crippen molar-refractivity contribution in [2.75, 3.05) is 33.3 Å². The van der Waals surface area contributed by atoms with E-state index in [9.17, 15) is 9.59 Å². The van der Waals surface area contributed by atoms with Gasteiger partial charge in [0.2, 0.25) is 11.7 Å². The number of hydrogen-bond acceptors (Lipinski definition) is 5. The van der Waals surface area contributed by atoms with Crippen molar-refractivity contribution < 1.29 is 23.8 Å². The van der Waals surface area contributed by atoms with Crippen molar-refractivity contribution in [2.24, 2.45) is 0 Å². The number of allylic oxidation sites excluding steroid dienone is 1. The average molecular weight is 379 g/mol. The molecule has 28 heavy (non-hydrogen) atoms. The normalized spacial score (nSPS) is 22.7. The Bertz CT molecular complexity index is 998. The van der Waals surface area contributed by atoms with Gasteiger partial charge in [-0.25, -0.2) is 0 Å². The first-order valence-electron chi connectivity index (χ1n) is 8.90. The van der Waals surface area contributed by atoms with Crippen molar-refractivity contribution in [1.29, 1.82) is 0 Å². The third-order valence-corrected chi connectivity index (χ3v) is 5.63. The highest BCUT2D eigenvalue weighted by atomic mass is 16.5. The molecule has 0 bridgehead atoms. The van der Waals surface area contributed by atoms with E-state index >= 15 is 0 Å². The van der Waals surface area contributed by atoms with E-state index in [1.807, 2.05) is 30.3 Å². The number of methoxy groups -OCH3 is 3. The van der Waals surface area contributed by atoms with Gasteiger partial charge >= 0.3 is 0 Å². The quantitative estimate of drug-likeness (QED) is 0.817. The third kappa shape index (κ3) is 2.14. The van der Waals surface area contributed by atoms with E-state index in [0.717, 1.165) is 5.56 Å². The van der Waals surface area contributed by atoms with E-state index in [-0.39, 0.29) is 11.7 Å². The number of hydrogen-bond donors (Lipinski definition) is 0. The molecule has 1 amide bonds. The summed E-state index contributed by atoms with van der Waals surface area (Å²) in [6, 6.07) is 11.1. The summed E-state index contributed by atoms with van der Waals surface area (Å²) in [5, 5.41) is 0. The Morgan fingerprint density at radius 3 is 2.25 bits per heavy atom. The van der Waals surface area contributed by atoms with Crippen molar-refractivity contribution in [1.82, 2.24) is 0 Å². The van der Waals surface area contributed by atoms with E-state index in [1.165, 1.54) is 27.4 Å². The van der Waals surface area contributed by atoms with Crippen LogP contribution in [0.25, 0.3) is 0 Å². The molecule has 0 fully saturated rings. The number of carbonyl (C=O) groups is 2.